The molecule has 2 atom stereocenters. The topological polar surface area (TPSA) is 47.3 Å². The fraction of sp³-hybridized carbons (Fsp3) is 0.700. The molecule has 4 nitrogen and oxygen atoms in total. The van der Waals surface area contributed by atoms with Crippen molar-refractivity contribution in [2.45, 2.75) is 44.9 Å². The molecule has 0 aromatic carbocycles. The Hall–Kier alpha value is -1.03. The molecule has 0 bridgehead atoms. The predicted octanol–water partition coefficient (Wildman–Crippen LogP) is 1.20. The van der Waals surface area contributed by atoms with E-state index in [-0.39, 0.29) is 12.2 Å². The molecule has 1 aliphatic rings. The summed E-state index contributed by atoms with van der Waals surface area (Å²) in [6.07, 6.45) is 6.07. The van der Waals surface area contributed by atoms with E-state index in [9.17, 15) is 5.11 Å². The van der Waals surface area contributed by atoms with E-state index in [0.717, 1.165) is 31.6 Å². The number of ether oxygens (including phenoxy) is 1. The summed E-state index contributed by atoms with van der Waals surface area (Å²) < 4.78 is 7.45. The van der Waals surface area contributed by atoms with Crippen LogP contribution in [0.25, 0.3) is 0 Å². The van der Waals surface area contributed by atoms with E-state index in [4.69, 9.17) is 4.74 Å². The van der Waals surface area contributed by atoms with Crippen LogP contribution in [0.5, 0.6) is 5.75 Å². The average molecular weight is 196 g/mol. The molecule has 0 aliphatic heterocycles. The summed E-state index contributed by atoms with van der Waals surface area (Å²) in [6.45, 7) is 2.87. The molecule has 1 aromatic rings. The first kappa shape index (κ1) is 9.52. The largest absolute Gasteiger partial charge is 0.484 e. The van der Waals surface area contributed by atoms with Gasteiger partial charge in [-0.1, -0.05) is 0 Å². The Morgan fingerprint density at radius 1 is 1.64 bits per heavy atom. The van der Waals surface area contributed by atoms with Crippen molar-refractivity contribution >= 4 is 0 Å². The van der Waals surface area contributed by atoms with Crippen molar-refractivity contribution in [3.05, 3.63) is 12.4 Å². The van der Waals surface area contributed by atoms with Gasteiger partial charge < -0.3 is 9.84 Å². The standard InChI is InChI=1S/C10H16N2O2/c1-2-12-7-8(6-11-12)14-10-5-3-4-9(10)13/h6-7,9-10,13H,2-5H2,1H3/t9-,10-/m1/s1. The maximum atomic E-state index is 9.56. The Bertz CT molecular complexity index is 298. The molecule has 4 heteroatoms. The van der Waals surface area contributed by atoms with E-state index in [0.29, 0.717) is 0 Å². The molecule has 1 saturated carbocycles. The Morgan fingerprint density at radius 3 is 3.07 bits per heavy atom. The predicted molar refractivity (Wildman–Crippen MR) is 52.2 cm³/mol. The van der Waals surface area contributed by atoms with Crippen LogP contribution in [0.3, 0.4) is 0 Å². The molecule has 1 N–H and O–H groups in total. The first-order chi connectivity index (χ1) is 6.79. The van der Waals surface area contributed by atoms with Crippen molar-refractivity contribution in [2.75, 3.05) is 0 Å². The van der Waals surface area contributed by atoms with Crippen molar-refractivity contribution < 1.29 is 9.84 Å². The van der Waals surface area contributed by atoms with Gasteiger partial charge in [-0.25, -0.2) is 0 Å². The minimum Gasteiger partial charge on any atom is -0.484 e. The van der Waals surface area contributed by atoms with Gasteiger partial charge in [-0.3, -0.25) is 4.68 Å². The third-order valence-corrected chi connectivity index (χ3v) is 2.64. The van der Waals surface area contributed by atoms with Crippen molar-refractivity contribution in [1.82, 2.24) is 9.78 Å². The van der Waals surface area contributed by atoms with Crippen molar-refractivity contribution in [1.29, 1.82) is 0 Å². The molecule has 0 amide bonds. The normalized spacial score (nSPS) is 26.7. The molecule has 0 saturated heterocycles. The molecular formula is C10H16N2O2. The van der Waals surface area contributed by atoms with Crippen molar-refractivity contribution in [3.63, 3.8) is 0 Å². The SMILES string of the molecule is CCn1cc(O[C@@H]2CCC[C@H]2O)cn1. The number of nitrogens with zero attached hydrogens (tertiary/aromatic N) is 2. The summed E-state index contributed by atoms with van der Waals surface area (Å²) in [5, 5.41) is 13.7. The van der Waals surface area contributed by atoms with Crippen molar-refractivity contribution in [3.8, 4) is 5.75 Å². The van der Waals surface area contributed by atoms with Gasteiger partial charge in [0.15, 0.2) is 5.75 Å². The minimum atomic E-state index is -0.306. The number of hydrogen-bond donors (Lipinski definition) is 1. The van der Waals surface area contributed by atoms with Gasteiger partial charge in [0.1, 0.15) is 6.10 Å². The van der Waals surface area contributed by atoms with Crippen LogP contribution < -0.4 is 4.74 Å². The summed E-state index contributed by atoms with van der Waals surface area (Å²) in [4.78, 5) is 0. The van der Waals surface area contributed by atoms with E-state index in [1.165, 1.54) is 0 Å². The second-order valence-electron chi connectivity index (χ2n) is 3.69. The summed E-state index contributed by atoms with van der Waals surface area (Å²) >= 11 is 0. The van der Waals surface area contributed by atoms with Gasteiger partial charge >= 0.3 is 0 Å². The quantitative estimate of drug-likeness (QED) is 0.790. The van der Waals surface area contributed by atoms with Gasteiger partial charge in [0, 0.05) is 6.54 Å². The maximum absolute atomic E-state index is 9.56. The molecule has 0 spiro atoms. The zero-order chi connectivity index (χ0) is 9.97. The molecule has 1 heterocycles. The smallest absolute Gasteiger partial charge is 0.157 e. The maximum Gasteiger partial charge on any atom is 0.157 e. The molecular weight excluding hydrogens is 180 g/mol. The number of aliphatic hydroxyl groups is 1. The lowest BCUT2D eigenvalue weighted by Crippen LogP contribution is -2.25. The van der Waals surface area contributed by atoms with Crippen LogP contribution in [0.1, 0.15) is 26.2 Å². The van der Waals surface area contributed by atoms with Gasteiger partial charge in [-0.15, -0.1) is 0 Å². The lowest BCUT2D eigenvalue weighted by molar-refractivity contribution is 0.0603. The van der Waals surface area contributed by atoms with Gasteiger partial charge in [0.2, 0.25) is 0 Å². The van der Waals surface area contributed by atoms with E-state index in [1.807, 2.05) is 17.8 Å². The number of rotatable bonds is 3. The molecule has 0 radical (unpaired) electrons. The zero-order valence-electron chi connectivity index (χ0n) is 8.39. The van der Waals surface area contributed by atoms with Crippen LogP contribution in [-0.4, -0.2) is 27.1 Å². The van der Waals surface area contributed by atoms with Gasteiger partial charge in [-0.05, 0) is 26.2 Å². The fourth-order valence-corrected chi connectivity index (χ4v) is 1.80. The highest BCUT2D eigenvalue weighted by Crippen LogP contribution is 2.24. The molecule has 78 valence electrons. The molecule has 1 aliphatic carbocycles. The first-order valence-electron chi connectivity index (χ1n) is 5.16. The van der Waals surface area contributed by atoms with Crippen molar-refractivity contribution in [2.24, 2.45) is 0 Å². The van der Waals surface area contributed by atoms with E-state index >= 15 is 0 Å². The molecule has 2 rings (SSSR count). The lowest BCUT2D eigenvalue weighted by atomic mass is 10.2. The molecule has 14 heavy (non-hydrogen) atoms. The highest BCUT2D eigenvalue weighted by Gasteiger charge is 2.27. The zero-order valence-corrected chi connectivity index (χ0v) is 8.39. The van der Waals surface area contributed by atoms with Gasteiger partial charge in [0.05, 0.1) is 18.5 Å². The summed E-state index contributed by atoms with van der Waals surface area (Å²) in [5.74, 6) is 0.762. The summed E-state index contributed by atoms with van der Waals surface area (Å²) in [5.41, 5.74) is 0. The summed E-state index contributed by atoms with van der Waals surface area (Å²) in [7, 11) is 0. The Kier molecular flexibility index (Phi) is 2.72. The number of aliphatic hydroxyl groups excluding tert-OH is 1. The fourth-order valence-electron chi connectivity index (χ4n) is 1.80. The highest BCUT2D eigenvalue weighted by atomic mass is 16.5. The average Bonchev–Trinajstić information content (AvgIpc) is 2.77. The lowest BCUT2D eigenvalue weighted by Gasteiger charge is -2.15. The minimum absolute atomic E-state index is 0.0375. The number of aryl methyl sites for hydroxylation is 1. The van der Waals surface area contributed by atoms with Crippen LogP contribution >= 0.6 is 0 Å². The third-order valence-electron chi connectivity index (χ3n) is 2.64. The van der Waals surface area contributed by atoms with Gasteiger partial charge in [0.25, 0.3) is 0 Å². The van der Waals surface area contributed by atoms with Crippen LogP contribution in [0, 0.1) is 0 Å². The van der Waals surface area contributed by atoms with E-state index in [1.54, 1.807) is 6.20 Å². The van der Waals surface area contributed by atoms with Crippen LogP contribution in [0.15, 0.2) is 12.4 Å². The van der Waals surface area contributed by atoms with Gasteiger partial charge in [-0.2, -0.15) is 5.10 Å². The Balaban J connectivity index is 1.96. The van der Waals surface area contributed by atoms with Crippen LogP contribution in [0.4, 0.5) is 0 Å². The van der Waals surface area contributed by atoms with E-state index < -0.39 is 0 Å². The summed E-state index contributed by atoms with van der Waals surface area (Å²) in [6, 6.07) is 0. The molecule has 1 aromatic heterocycles. The second kappa shape index (κ2) is 4.00. The Labute approximate surface area is 83.5 Å². The van der Waals surface area contributed by atoms with E-state index in [2.05, 4.69) is 5.10 Å². The second-order valence-corrected chi connectivity index (χ2v) is 3.69. The molecule has 1 fully saturated rings. The number of hydrogen-bond acceptors (Lipinski definition) is 3. The van der Waals surface area contributed by atoms with Crippen LogP contribution in [0.2, 0.25) is 0 Å². The Morgan fingerprint density at radius 2 is 2.50 bits per heavy atom. The monoisotopic (exact) mass is 196 g/mol. The number of aromatic nitrogens is 2. The van der Waals surface area contributed by atoms with Crippen LogP contribution in [-0.2, 0) is 6.54 Å². The molecule has 0 unspecified atom stereocenters. The third kappa shape index (κ3) is 1.90. The highest BCUT2D eigenvalue weighted by molar-refractivity contribution is 5.12. The first-order valence-corrected chi connectivity index (χ1v) is 5.16.